The minimum Gasteiger partial charge on any atom is -0.351 e. The molecule has 2 heterocycles. The monoisotopic (exact) mass is 403 g/mol. The number of likely N-dealkylation sites (tertiary alicyclic amines) is 1. The van der Waals surface area contributed by atoms with Gasteiger partial charge in [0.05, 0.1) is 6.54 Å². The van der Waals surface area contributed by atoms with Gasteiger partial charge in [0.15, 0.2) is 0 Å². The topological polar surface area (TPSA) is 72.2 Å². The van der Waals surface area contributed by atoms with Gasteiger partial charge in [-0.3, -0.25) is 14.3 Å². The van der Waals surface area contributed by atoms with Crippen LogP contribution in [0.15, 0.2) is 29.1 Å². The van der Waals surface area contributed by atoms with Crippen molar-refractivity contribution in [1.82, 2.24) is 24.6 Å². The van der Waals surface area contributed by atoms with E-state index in [9.17, 15) is 9.59 Å². The van der Waals surface area contributed by atoms with Crippen molar-refractivity contribution < 1.29 is 4.79 Å². The van der Waals surface area contributed by atoms with Crippen LogP contribution >= 0.6 is 11.6 Å². The second kappa shape index (κ2) is 8.09. The van der Waals surface area contributed by atoms with Crippen LogP contribution in [0, 0.1) is 0 Å². The van der Waals surface area contributed by atoms with Crippen LogP contribution in [0.1, 0.15) is 49.0 Å². The number of rotatable bonds is 6. The van der Waals surface area contributed by atoms with E-state index in [1.807, 2.05) is 28.8 Å². The Balaban J connectivity index is 1.29. The van der Waals surface area contributed by atoms with Gasteiger partial charge in [0.2, 0.25) is 5.91 Å². The molecule has 1 aromatic heterocycles. The molecule has 0 spiro atoms. The van der Waals surface area contributed by atoms with Crippen LogP contribution < -0.4 is 11.0 Å². The largest absolute Gasteiger partial charge is 0.351 e. The standard InChI is InChI=1S/C20H26ClN5O2/c1-24-20(28)26(16-6-7-16)19(23-24)14-8-10-25(11-9-14)13-18(27)22-12-15-4-2-3-5-17(15)21/h2-5,14,16H,6-13H2,1H3,(H,22,27). The van der Waals surface area contributed by atoms with Crippen molar-refractivity contribution in [3.05, 3.63) is 51.2 Å². The maximum Gasteiger partial charge on any atom is 0.345 e. The van der Waals surface area contributed by atoms with Gasteiger partial charge in [0.1, 0.15) is 5.82 Å². The van der Waals surface area contributed by atoms with Crippen LogP contribution in [-0.2, 0) is 18.4 Å². The average molecular weight is 404 g/mol. The number of piperidine rings is 1. The quantitative estimate of drug-likeness (QED) is 0.801. The number of nitrogens with one attached hydrogen (secondary N) is 1. The first-order valence-corrected chi connectivity index (χ1v) is 10.3. The number of aromatic nitrogens is 3. The minimum absolute atomic E-state index is 0.00104. The fraction of sp³-hybridized carbons (Fsp3) is 0.550. The van der Waals surface area contributed by atoms with Crippen molar-refractivity contribution in [1.29, 1.82) is 0 Å². The summed E-state index contributed by atoms with van der Waals surface area (Å²) >= 11 is 6.13. The normalized spacial score (nSPS) is 18.4. The fourth-order valence-corrected chi connectivity index (χ4v) is 4.10. The summed E-state index contributed by atoms with van der Waals surface area (Å²) in [5.41, 5.74) is 0.920. The number of carbonyl (C=O) groups excluding carboxylic acids is 1. The van der Waals surface area contributed by atoms with Gasteiger partial charge in [0.25, 0.3) is 0 Å². The predicted octanol–water partition coefficient (Wildman–Crippen LogP) is 2.07. The molecule has 1 amide bonds. The second-order valence-electron chi connectivity index (χ2n) is 7.78. The lowest BCUT2D eigenvalue weighted by Crippen LogP contribution is -2.41. The number of benzene rings is 1. The lowest BCUT2D eigenvalue weighted by Gasteiger charge is -2.31. The molecule has 2 aliphatic rings. The highest BCUT2D eigenvalue weighted by Crippen LogP contribution is 2.37. The molecule has 1 saturated heterocycles. The summed E-state index contributed by atoms with van der Waals surface area (Å²) in [4.78, 5) is 26.8. The van der Waals surface area contributed by atoms with E-state index in [0.29, 0.717) is 24.2 Å². The summed E-state index contributed by atoms with van der Waals surface area (Å²) in [6, 6.07) is 7.87. The molecule has 1 aliphatic heterocycles. The summed E-state index contributed by atoms with van der Waals surface area (Å²) in [7, 11) is 1.73. The first kappa shape index (κ1) is 19.2. The maximum atomic E-state index is 12.3. The summed E-state index contributed by atoms with van der Waals surface area (Å²) in [6.07, 6.45) is 3.98. The molecule has 1 saturated carbocycles. The van der Waals surface area contributed by atoms with E-state index in [2.05, 4.69) is 15.3 Å². The SMILES string of the molecule is Cn1nc(C2CCN(CC(=O)NCc3ccccc3Cl)CC2)n(C2CC2)c1=O. The van der Waals surface area contributed by atoms with Gasteiger partial charge in [0, 0.05) is 30.6 Å². The van der Waals surface area contributed by atoms with E-state index in [1.54, 1.807) is 7.05 Å². The van der Waals surface area contributed by atoms with Crippen molar-refractivity contribution in [3.63, 3.8) is 0 Å². The van der Waals surface area contributed by atoms with Gasteiger partial charge in [-0.2, -0.15) is 5.10 Å². The Morgan fingerprint density at radius 3 is 2.61 bits per heavy atom. The molecule has 1 aromatic carbocycles. The molecule has 7 nitrogen and oxygen atoms in total. The van der Waals surface area contributed by atoms with Gasteiger partial charge in [-0.15, -0.1) is 0 Å². The number of halogens is 1. The van der Waals surface area contributed by atoms with Gasteiger partial charge in [-0.25, -0.2) is 9.48 Å². The number of carbonyl (C=O) groups is 1. The molecular weight excluding hydrogens is 378 g/mol. The molecule has 0 radical (unpaired) electrons. The van der Waals surface area contributed by atoms with Crippen LogP contribution in [0.4, 0.5) is 0 Å². The Bertz CT molecular complexity index is 910. The highest BCUT2D eigenvalue weighted by molar-refractivity contribution is 6.31. The molecule has 8 heteroatoms. The number of nitrogens with zero attached hydrogens (tertiary/aromatic N) is 4. The highest BCUT2D eigenvalue weighted by Gasteiger charge is 2.33. The van der Waals surface area contributed by atoms with Crippen molar-refractivity contribution >= 4 is 17.5 Å². The summed E-state index contributed by atoms with van der Waals surface area (Å²) in [5.74, 6) is 1.22. The summed E-state index contributed by atoms with van der Waals surface area (Å²) < 4.78 is 3.36. The van der Waals surface area contributed by atoms with Crippen LogP contribution in [-0.4, -0.2) is 44.8 Å². The molecule has 1 N–H and O–H groups in total. The first-order chi connectivity index (χ1) is 13.5. The number of hydrogen-bond acceptors (Lipinski definition) is 4. The molecule has 2 fully saturated rings. The van der Waals surface area contributed by atoms with Crippen molar-refractivity contribution in [2.45, 2.75) is 44.2 Å². The molecule has 1 aliphatic carbocycles. The lowest BCUT2D eigenvalue weighted by atomic mass is 9.96. The van der Waals surface area contributed by atoms with Gasteiger partial charge in [-0.05, 0) is 50.4 Å². The van der Waals surface area contributed by atoms with Crippen LogP contribution in [0.3, 0.4) is 0 Å². The third-order valence-electron chi connectivity index (χ3n) is 5.65. The predicted molar refractivity (Wildman–Crippen MR) is 107 cm³/mol. The molecule has 2 aromatic rings. The minimum atomic E-state index is -0.00104. The zero-order valence-corrected chi connectivity index (χ0v) is 16.9. The van der Waals surface area contributed by atoms with E-state index in [4.69, 9.17) is 11.6 Å². The maximum absolute atomic E-state index is 12.3. The van der Waals surface area contributed by atoms with Crippen LogP contribution in [0.5, 0.6) is 0 Å². The van der Waals surface area contributed by atoms with Gasteiger partial charge >= 0.3 is 5.69 Å². The van der Waals surface area contributed by atoms with Crippen LogP contribution in [0.25, 0.3) is 0 Å². The van der Waals surface area contributed by atoms with Crippen molar-refractivity contribution in [2.24, 2.45) is 7.05 Å². The van der Waals surface area contributed by atoms with Crippen LogP contribution in [0.2, 0.25) is 5.02 Å². The van der Waals surface area contributed by atoms with E-state index in [0.717, 1.165) is 50.2 Å². The Morgan fingerprint density at radius 1 is 1.21 bits per heavy atom. The van der Waals surface area contributed by atoms with Crippen molar-refractivity contribution in [3.8, 4) is 0 Å². The molecule has 28 heavy (non-hydrogen) atoms. The van der Waals surface area contributed by atoms with E-state index >= 15 is 0 Å². The second-order valence-corrected chi connectivity index (χ2v) is 8.19. The third kappa shape index (κ3) is 4.15. The highest BCUT2D eigenvalue weighted by atomic mass is 35.5. The van der Waals surface area contributed by atoms with E-state index < -0.39 is 0 Å². The fourth-order valence-electron chi connectivity index (χ4n) is 3.90. The molecule has 0 atom stereocenters. The molecule has 0 unspecified atom stereocenters. The zero-order chi connectivity index (χ0) is 19.7. The molecule has 150 valence electrons. The number of aryl methyl sites for hydroxylation is 1. The Morgan fingerprint density at radius 2 is 1.93 bits per heavy atom. The lowest BCUT2D eigenvalue weighted by molar-refractivity contribution is -0.122. The number of amides is 1. The zero-order valence-electron chi connectivity index (χ0n) is 16.1. The van der Waals surface area contributed by atoms with Gasteiger partial charge in [-0.1, -0.05) is 29.8 Å². The Hall–Kier alpha value is -2.12. The average Bonchev–Trinajstić information content (AvgIpc) is 3.48. The summed E-state index contributed by atoms with van der Waals surface area (Å²) in [6.45, 7) is 2.49. The Kier molecular flexibility index (Phi) is 5.55. The van der Waals surface area contributed by atoms with E-state index in [-0.39, 0.29) is 17.5 Å². The molecule has 4 rings (SSSR count). The van der Waals surface area contributed by atoms with E-state index in [1.165, 1.54) is 4.68 Å². The first-order valence-electron chi connectivity index (χ1n) is 9.91. The molecular formula is C20H26ClN5O2. The number of hydrogen-bond donors (Lipinski definition) is 1. The van der Waals surface area contributed by atoms with Gasteiger partial charge < -0.3 is 5.32 Å². The Labute approximate surface area is 169 Å². The smallest absolute Gasteiger partial charge is 0.345 e. The summed E-state index contributed by atoms with van der Waals surface area (Å²) in [5, 5.41) is 8.12. The van der Waals surface area contributed by atoms with Crippen molar-refractivity contribution in [2.75, 3.05) is 19.6 Å². The third-order valence-corrected chi connectivity index (χ3v) is 6.02. The molecule has 0 bridgehead atoms.